The number of benzene rings is 1. The molecule has 0 radical (unpaired) electrons. The Bertz CT molecular complexity index is 311. The Morgan fingerprint density at radius 1 is 1.20 bits per heavy atom. The molecular formula is C10H12ClF3O. The molecule has 0 saturated carbocycles. The molecule has 0 aromatic heterocycles. The van der Waals surface area contributed by atoms with Gasteiger partial charge in [0.2, 0.25) is 0 Å². The van der Waals surface area contributed by atoms with Crippen LogP contribution < -0.4 is 0 Å². The molecule has 1 rings (SSSR count). The molecule has 86 valence electrons. The van der Waals surface area contributed by atoms with Gasteiger partial charge in [-0.05, 0) is 24.6 Å². The first-order valence-corrected chi connectivity index (χ1v) is 4.76. The molecule has 15 heavy (non-hydrogen) atoms. The number of aromatic hydroxyl groups is 1. The number of aryl methyl sites for hydroxylation is 1. The molecule has 0 amide bonds. The molecule has 0 saturated heterocycles. The minimum absolute atomic E-state index is 0.0856. The fraction of sp³-hybridized carbons (Fsp3) is 0.400. The average molecular weight is 241 g/mol. The van der Waals surface area contributed by atoms with Gasteiger partial charge in [0, 0.05) is 0 Å². The van der Waals surface area contributed by atoms with Crippen LogP contribution in [-0.2, 0) is 6.18 Å². The molecule has 0 heterocycles. The predicted octanol–water partition coefficient (Wildman–Crippen LogP) is 4.40. The van der Waals surface area contributed by atoms with E-state index in [9.17, 15) is 13.2 Å². The topological polar surface area (TPSA) is 20.2 Å². The zero-order valence-corrected chi connectivity index (χ0v) is 9.37. The van der Waals surface area contributed by atoms with Gasteiger partial charge in [-0.1, -0.05) is 25.4 Å². The maximum absolute atomic E-state index is 12.3. The number of alkyl halides is 3. The summed E-state index contributed by atoms with van der Waals surface area (Å²) in [7, 11) is 0. The predicted molar refractivity (Wildman–Crippen MR) is 54.2 cm³/mol. The third kappa shape index (κ3) is 3.63. The van der Waals surface area contributed by atoms with Gasteiger partial charge in [-0.15, -0.1) is 0 Å². The summed E-state index contributed by atoms with van der Waals surface area (Å²) in [5, 5.41) is 8.45. The van der Waals surface area contributed by atoms with E-state index in [1.54, 1.807) is 0 Å². The Balaban J connectivity index is 0.000000921. The lowest BCUT2D eigenvalue weighted by Gasteiger charge is -2.11. The van der Waals surface area contributed by atoms with Gasteiger partial charge in [0.05, 0.1) is 10.6 Å². The summed E-state index contributed by atoms with van der Waals surface area (Å²) in [4.78, 5) is 0. The Morgan fingerprint density at radius 2 is 1.67 bits per heavy atom. The van der Waals surface area contributed by atoms with E-state index in [-0.39, 0.29) is 11.3 Å². The van der Waals surface area contributed by atoms with Gasteiger partial charge >= 0.3 is 6.18 Å². The van der Waals surface area contributed by atoms with E-state index in [0.717, 1.165) is 12.1 Å². The summed E-state index contributed by atoms with van der Waals surface area (Å²) < 4.78 is 36.8. The number of rotatable bonds is 0. The van der Waals surface area contributed by atoms with Crippen LogP contribution >= 0.6 is 11.6 Å². The molecule has 1 aromatic rings. The quantitative estimate of drug-likeness (QED) is 0.713. The summed E-state index contributed by atoms with van der Waals surface area (Å²) in [5.41, 5.74) is -0.982. The van der Waals surface area contributed by atoms with Crippen LogP contribution in [-0.4, -0.2) is 5.11 Å². The van der Waals surface area contributed by atoms with E-state index in [1.165, 1.54) is 6.92 Å². The van der Waals surface area contributed by atoms with Crippen LogP contribution in [0.3, 0.4) is 0 Å². The molecule has 0 fully saturated rings. The highest BCUT2D eigenvalue weighted by atomic mass is 35.5. The first kappa shape index (κ1) is 14.1. The average Bonchev–Trinajstić information content (AvgIpc) is 2.02. The van der Waals surface area contributed by atoms with E-state index in [4.69, 9.17) is 16.7 Å². The highest BCUT2D eigenvalue weighted by Gasteiger charge is 2.35. The smallest absolute Gasteiger partial charge is 0.418 e. The fourth-order valence-electron chi connectivity index (χ4n) is 1.08. The molecule has 1 aromatic carbocycles. The Kier molecular flexibility index (Phi) is 4.94. The van der Waals surface area contributed by atoms with E-state index in [1.807, 2.05) is 13.8 Å². The second kappa shape index (κ2) is 5.26. The van der Waals surface area contributed by atoms with Crippen molar-refractivity contribution < 1.29 is 18.3 Å². The minimum Gasteiger partial charge on any atom is -0.508 e. The highest BCUT2D eigenvalue weighted by Crippen LogP contribution is 2.38. The van der Waals surface area contributed by atoms with Crippen molar-refractivity contribution in [3.8, 4) is 5.75 Å². The van der Waals surface area contributed by atoms with Crippen molar-refractivity contribution in [1.82, 2.24) is 0 Å². The van der Waals surface area contributed by atoms with Crippen LogP contribution in [0.2, 0.25) is 5.02 Å². The minimum atomic E-state index is -4.48. The van der Waals surface area contributed by atoms with Crippen molar-refractivity contribution in [3.05, 3.63) is 28.3 Å². The molecule has 0 aliphatic heterocycles. The maximum Gasteiger partial charge on any atom is 0.418 e. The fourth-order valence-corrected chi connectivity index (χ4v) is 1.45. The molecule has 5 heteroatoms. The molecule has 0 bridgehead atoms. The Labute approximate surface area is 91.5 Å². The molecule has 0 unspecified atom stereocenters. The van der Waals surface area contributed by atoms with Crippen molar-refractivity contribution >= 4 is 11.6 Å². The third-order valence-electron chi connectivity index (χ3n) is 1.56. The van der Waals surface area contributed by atoms with Crippen molar-refractivity contribution in [2.45, 2.75) is 26.9 Å². The highest BCUT2D eigenvalue weighted by molar-refractivity contribution is 6.31. The lowest BCUT2D eigenvalue weighted by molar-refractivity contribution is -0.137. The van der Waals surface area contributed by atoms with Gasteiger partial charge in [-0.3, -0.25) is 0 Å². The Morgan fingerprint density at radius 3 is 2.00 bits per heavy atom. The van der Waals surface area contributed by atoms with Gasteiger partial charge in [-0.25, -0.2) is 0 Å². The van der Waals surface area contributed by atoms with Crippen LogP contribution in [0.15, 0.2) is 12.1 Å². The van der Waals surface area contributed by atoms with Crippen LogP contribution in [0.1, 0.15) is 25.0 Å². The number of phenolic OH excluding ortho intramolecular Hbond substituents is 1. The van der Waals surface area contributed by atoms with E-state index in [0.29, 0.717) is 0 Å². The largest absolute Gasteiger partial charge is 0.508 e. The number of hydrogen-bond acceptors (Lipinski definition) is 1. The molecule has 1 nitrogen and oxygen atoms in total. The molecule has 0 spiro atoms. The van der Waals surface area contributed by atoms with Gasteiger partial charge in [0.25, 0.3) is 0 Å². The normalized spacial score (nSPS) is 10.6. The molecule has 0 atom stereocenters. The molecular weight excluding hydrogens is 229 g/mol. The first-order valence-electron chi connectivity index (χ1n) is 4.38. The van der Waals surface area contributed by atoms with Crippen molar-refractivity contribution in [3.63, 3.8) is 0 Å². The SMILES string of the molecule is CC.Cc1cc(O)cc(Cl)c1C(F)(F)F. The summed E-state index contributed by atoms with van der Waals surface area (Å²) in [6, 6.07) is 1.89. The van der Waals surface area contributed by atoms with Gasteiger partial charge in [-0.2, -0.15) is 13.2 Å². The Hall–Kier alpha value is -0.900. The third-order valence-corrected chi connectivity index (χ3v) is 1.85. The van der Waals surface area contributed by atoms with Gasteiger partial charge in [0.1, 0.15) is 5.75 Å². The number of halogens is 4. The van der Waals surface area contributed by atoms with Crippen LogP contribution in [0.5, 0.6) is 5.75 Å². The lowest BCUT2D eigenvalue weighted by atomic mass is 10.1. The second-order valence-electron chi connectivity index (χ2n) is 2.62. The standard InChI is InChI=1S/C8H6ClF3O.C2H6/c1-4-2-5(13)3-6(9)7(4)8(10,11)12;1-2/h2-3,13H,1H3;1-2H3. The summed E-state index contributed by atoms with van der Waals surface area (Å²) >= 11 is 5.34. The van der Waals surface area contributed by atoms with Gasteiger partial charge in [0.15, 0.2) is 0 Å². The van der Waals surface area contributed by atoms with E-state index >= 15 is 0 Å². The van der Waals surface area contributed by atoms with Crippen molar-refractivity contribution in [1.29, 1.82) is 0 Å². The zero-order chi connectivity index (χ0) is 12.2. The van der Waals surface area contributed by atoms with E-state index in [2.05, 4.69) is 0 Å². The van der Waals surface area contributed by atoms with Crippen molar-refractivity contribution in [2.75, 3.05) is 0 Å². The monoisotopic (exact) mass is 240 g/mol. The van der Waals surface area contributed by atoms with Gasteiger partial charge < -0.3 is 5.11 Å². The van der Waals surface area contributed by atoms with Crippen LogP contribution in [0, 0.1) is 6.92 Å². The lowest BCUT2D eigenvalue weighted by Crippen LogP contribution is -2.08. The summed E-state index contributed by atoms with van der Waals surface area (Å²) in [6.07, 6.45) is -4.48. The van der Waals surface area contributed by atoms with E-state index < -0.39 is 16.8 Å². The second-order valence-corrected chi connectivity index (χ2v) is 3.02. The first-order chi connectivity index (χ1) is 6.82. The van der Waals surface area contributed by atoms with Crippen LogP contribution in [0.25, 0.3) is 0 Å². The van der Waals surface area contributed by atoms with Crippen molar-refractivity contribution in [2.24, 2.45) is 0 Å². The molecule has 0 aliphatic rings. The summed E-state index contributed by atoms with van der Waals surface area (Å²) in [5.74, 6) is -0.268. The number of hydrogen-bond donors (Lipinski definition) is 1. The zero-order valence-electron chi connectivity index (χ0n) is 8.61. The molecule has 1 N–H and O–H groups in total. The van der Waals surface area contributed by atoms with Crippen LogP contribution in [0.4, 0.5) is 13.2 Å². The molecule has 0 aliphatic carbocycles. The summed E-state index contributed by atoms with van der Waals surface area (Å²) in [6.45, 7) is 5.24. The maximum atomic E-state index is 12.3. The number of phenols is 1.